The molecule has 17 heavy (non-hydrogen) atoms. The monoisotopic (exact) mass is 236 g/mol. The molecule has 1 rings (SSSR count). The predicted octanol–water partition coefficient (Wildman–Crippen LogP) is 3.00. The highest BCUT2D eigenvalue weighted by Crippen LogP contribution is 2.18. The molecule has 0 fully saturated rings. The minimum Gasteiger partial charge on any atom is -0.478 e. The molecule has 0 bridgehead atoms. The fraction of sp³-hybridized carbons (Fsp3) is 0.538. The van der Waals surface area contributed by atoms with Crippen molar-refractivity contribution in [2.75, 3.05) is 11.9 Å². The summed E-state index contributed by atoms with van der Waals surface area (Å²) in [5.74, 6) is -0.431. The number of anilines is 1. The zero-order chi connectivity index (χ0) is 12.8. The van der Waals surface area contributed by atoms with E-state index in [9.17, 15) is 4.79 Å². The van der Waals surface area contributed by atoms with Gasteiger partial charge in [-0.2, -0.15) is 0 Å². The molecule has 94 valence electrons. The van der Waals surface area contributed by atoms with Gasteiger partial charge in [0, 0.05) is 12.2 Å². The molecule has 0 aliphatic heterocycles. The average Bonchev–Trinajstić information content (AvgIpc) is 2.22. The van der Waals surface area contributed by atoms with Crippen LogP contribution >= 0.6 is 0 Å². The van der Waals surface area contributed by atoms with Crippen LogP contribution in [0.5, 0.6) is 0 Å². The Morgan fingerprint density at radius 3 is 2.71 bits per heavy atom. The number of pyridine rings is 1. The normalized spacial score (nSPS) is 10.3. The lowest BCUT2D eigenvalue weighted by Gasteiger charge is -2.11. The summed E-state index contributed by atoms with van der Waals surface area (Å²) in [5.41, 5.74) is 1.88. The Hall–Kier alpha value is -1.58. The summed E-state index contributed by atoms with van der Waals surface area (Å²) in [4.78, 5) is 15.4. The lowest BCUT2D eigenvalue weighted by Crippen LogP contribution is -2.12. The summed E-state index contributed by atoms with van der Waals surface area (Å²) in [5, 5.41) is 12.3. The molecule has 0 spiro atoms. The van der Waals surface area contributed by atoms with E-state index in [2.05, 4.69) is 17.2 Å². The number of nitrogens with one attached hydrogen (secondary N) is 1. The molecule has 1 heterocycles. The first kappa shape index (κ1) is 13.5. The minimum absolute atomic E-state index is 0.284. The summed E-state index contributed by atoms with van der Waals surface area (Å²) in [7, 11) is 0. The van der Waals surface area contributed by atoms with Crippen molar-refractivity contribution >= 4 is 11.8 Å². The van der Waals surface area contributed by atoms with Gasteiger partial charge in [-0.15, -0.1) is 0 Å². The molecule has 0 aliphatic carbocycles. The molecule has 2 N–H and O–H groups in total. The van der Waals surface area contributed by atoms with Gasteiger partial charge in [-0.3, -0.25) is 0 Å². The number of unbranched alkanes of at least 4 members (excludes halogenated alkanes) is 2. The summed E-state index contributed by atoms with van der Waals surface area (Å²) in [6.45, 7) is 6.58. The first-order valence-corrected chi connectivity index (χ1v) is 6.01. The minimum atomic E-state index is -0.923. The summed E-state index contributed by atoms with van der Waals surface area (Å²) in [6, 6.07) is 1.79. The van der Waals surface area contributed by atoms with Crippen LogP contribution in [0, 0.1) is 13.8 Å². The molecule has 0 aliphatic rings. The van der Waals surface area contributed by atoms with Gasteiger partial charge >= 0.3 is 5.97 Å². The van der Waals surface area contributed by atoms with E-state index >= 15 is 0 Å². The molecule has 0 unspecified atom stereocenters. The van der Waals surface area contributed by atoms with E-state index < -0.39 is 5.97 Å². The van der Waals surface area contributed by atoms with Gasteiger partial charge in [-0.25, -0.2) is 9.78 Å². The second kappa shape index (κ2) is 6.23. The van der Waals surface area contributed by atoms with Crippen LogP contribution in [-0.2, 0) is 0 Å². The summed E-state index contributed by atoms with van der Waals surface area (Å²) >= 11 is 0. The van der Waals surface area contributed by atoms with Gasteiger partial charge in [-0.05, 0) is 31.9 Å². The molecule has 0 radical (unpaired) electrons. The molecule has 0 atom stereocenters. The van der Waals surface area contributed by atoms with Gasteiger partial charge in [0.25, 0.3) is 0 Å². The Balaban J connectivity index is 2.85. The van der Waals surface area contributed by atoms with Crippen molar-refractivity contribution in [3.05, 3.63) is 22.9 Å². The van der Waals surface area contributed by atoms with Crippen molar-refractivity contribution in [2.45, 2.75) is 40.0 Å². The molecule has 0 saturated carbocycles. The zero-order valence-electron chi connectivity index (χ0n) is 10.7. The highest BCUT2D eigenvalue weighted by Gasteiger charge is 2.14. The molecule has 0 amide bonds. The van der Waals surface area contributed by atoms with Crippen LogP contribution in [0.15, 0.2) is 6.07 Å². The fourth-order valence-electron chi connectivity index (χ4n) is 1.82. The number of aromatic carboxylic acids is 1. The van der Waals surface area contributed by atoms with Crippen LogP contribution < -0.4 is 5.32 Å². The molecular weight excluding hydrogens is 216 g/mol. The van der Waals surface area contributed by atoms with Gasteiger partial charge < -0.3 is 10.4 Å². The number of carboxylic acids is 1. The van der Waals surface area contributed by atoms with Crippen molar-refractivity contribution in [1.29, 1.82) is 0 Å². The van der Waals surface area contributed by atoms with Crippen LogP contribution in [0.1, 0.15) is 47.8 Å². The average molecular weight is 236 g/mol. The summed E-state index contributed by atoms with van der Waals surface area (Å²) < 4.78 is 0. The van der Waals surface area contributed by atoms with Gasteiger partial charge in [0.05, 0.1) is 0 Å². The highest BCUT2D eigenvalue weighted by molar-refractivity contribution is 5.94. The molecule has 0 saturated heterocycles. The molecule has 0 aromatic carbocycles. The first-order chi connectivity index (χ1) is 8.06. The van der Waals surface area contributed by atoms with Gasteiger partial charge in [-0.1, -0.05) is 19.8 Å². The van der Waals surface area contributed by atoms with Crippen molar-refractivity contribution in [1.82, 2.24) is 4.98 Å². The number of aryl methyl sites for hydroxylation is 2. The molecule has 4 nitrogen and oxygen atoms in total. The van der Waals surface area contributed by atoms with Crippen molar-refractivity contribution in [3.8, 4) is 0 Å². The van der Waals surface area contributed by atoms with E-state index in [1.807, 2.05) is 6.92 Å². The lowest BCUT2D eigenvalue weighted by molar-refractivity contribution is 0.0697. The third-order valence-corrected chi connectivity index (χ3v) is 2.63. The predicted molar refractivity (Wildman–Crippen MR) is 68.7 cm³/mol. The maximum absolute atomic E-state index is 11.2. The second-order valence-corrected chi connectivity index (χ2v) is 4.24. The SMILES string of the molecule is CCCCCNc1nc(C)cc(C)c1C(=O)O. The maximum Gasteiger partial charge on any atom is 0.339 e. The molecule has 4 heteroatoms. The van der Waals surface area contributed by atoms with Crippen molar-refractivity contribution < 1.29 is 9.90 Å². The van der Waals surface area contributed by atoms with Crippen molar-refractivity contribution in [2.24, 2.45) is 0 Å². The second-order valence-electron chi connectivity index (χ2n) is 4.24. The van der Waals surface area contributed by atoms with Crippen LogP contribution in [0.3, 0.4) is 0 Å². The number of nitrogens with zero attached hydrogens (tertiary/aromatic N) is 1. The highest BCUT2D eigenvalue weighted by atomic mass is 16.4. The third kappa shape index (κ3) is 3.73. The zero-order valence-corrected chi connectivity index (χ0v) is 10.7. The van der Waals surface area contributed by atoms with E-state index in [1.165, 1.54) is 0 Å². The largest absolute Gasteiger partial charge is 0.478 e. The van der Waals surface area contributed by atoms with E-state index in [-0.39, 0.29) is 5.56 Å². The van der Waals surface area contributed by atoms with Gasteiger partial charge in [0.15, 0.2) is 0 Å². The van der Waals surface area contributed by atoms with Gasteiger partial charge in [0.1, 0.15) is 11.4 Å². The van der Waals surface area contributed by atoms with E-state index in [1.54, 1.807) is 13.0 Å². The topological polar surface area (TPSA) is 62.2 Å². The number of rotatable bonds is 6. The third-order valence-electron chi connectivity index (χ3n) is 2.63. The van der Waals surface area contributed by atoms with E-state index in [0.717, 1.165) is 37.1 Å². The maximum atomic E-state index is 11.2. The number of hydrogen-bond acceptors (Lipinski definition) is 3. The Labute approximate surface area is 102 Å². The standard InChI is InChI=1S/C13H20N2O2/c1-4-5-6-7-14-12-11(13(16)17)9(2)8-10(3)15-12/h8H,4-7H2,1-3H3,(H,14,15)(H,16,17). The van der Waals surface area contributed by atoms with Crippen LogP contribution in [-0.4, -0.2) is 22.6 Å². The van der Waals surface area contributed by atoms with Gasteiger partial charge in [0.2, 0.25) is 0 Å². The number of aromatic nitrogens is 1. The molecular formula is C13H20N2O2. The first-order valence-electron chi connectivity index (χ1n) is 6.01. The quantitative estimate of drug-likeness (QED) is 0.745. The van der Waals surface area contributed by atoms with E-state index in [4.69, 9.17) is 5.11 Å². The fourth-order valence-corrected chi connectivity index (χ4v) is 1.82. The Bertz CT molecular complexity index is 403. The number of hydrogen-bond donors (Lipinski definition) is 2. The smallest absolute Gasteiger partial charge is 0.339 e. The van der Waals surface area contributed by atoms with Crippen LogP contribution in [0.4, 0.5) is 5.82 Å². The number of carboxylic acid groups (broad SMARTS) is 1. The number of carbonyl (C=O) groups is 1. The van der Waals surface area contributed by atoms with E-state index in [0.29, 0.717) is 5.82 Å². The van der Waals surface area contributed by atoms with Crippen LogP contribution in [0.25, 0.3) is 0 Å². The Kier molecular flexibility index (Phi) is 4.94. The van der Waals surface area contributed by atoms with Crippen LogP contribution in [0.2, 0.25) is 0 Å². The summed E-state index contributed by atoms with van der Waals surface area (Å²) in [6.07, 6.45) is 3.32. The van der Waals surface area contributed by atoms with Crippen molar-refractivity contribution in [3.63, 3.8) is 0 Å². The lowest BCUT2D eigenvalue weighted by atomic mass is 10.1. The Morgan fingerprint density at radius 1 is 1.41 bits per heavy atom. The molecule has 1 aromatic rings. The molecule has 1 aromatic heterocycles. The Morgan fingerprint density at radius 2 is 2.12 bits per heavy atom.